The van der Waals surface area contributed by atoms with Crippen LogP contribution in [0.15, 0.2) is 11.6 Å². The molecule has 0 aromatic heterocycles. The fourth-order valence-corrected chi connectivity index (χ4v) is 1.88. The monoisotopic (exact) mass is 196 g/mol. The highest BCUT2D eigenvalue weighted by Gasteiger charge is 2.21. The Morgan fingerprint density at radius 2 is 2.29 bits per heavy atom. The Bertz CT molecular complexity index is 218. The second-order valence-electron chi connectivity index (χ2n) is 3.77. The van der Waals surface area contributed by atoms with Crippen LogP contribution in [0.25, 0.3) is 0 Å². The maximum Gasteiger partial charge on any atom is 0.306 e. The smallest absolute Gasteiger partial charge is 0.306 e. The Morgan fingerprint density at radius 1 is 1.50 bits per heavy atom. The maximum atomic E-state index is 11.2. The van der Waals surface area contributed by atoms with Gasteiger partial charge in [0.15, 0.2) is 0 Å². The normalized spacial score (nSPS) is 25.0. The second-order valence-corrected chi connectivity index (χ2v) is 3.77. The highest BCUT2D eigenvalue weighted by molar-refractivity contribution is 5.69. The molecule has 2 heteroatoms. The molecule has 14 heavy (non-hydrogen) atoms. The van der Waals surface area contributed by atoms with E-state index in [1.165, 1.54) is 18.4 Å². The Hall–Kier alpha value is -0.790. The molecule has 1 rings (SSSR count). The van der Waals surface area contributed by atoms with Crippen LogP contribution in [0.5, 0.6) is 0 Å². The van der Waals surface area contributed by atoms with Crippen molar-refractivity contribution in [1.29, 1.82) is 0 Å². The molecule has 0 aromatic rings. The maximum absolute atomic E-state index is 11.2. The first kappa shape index (κ1) is 11.3. The molecule has 80 valence electrons. The van der Waals surface area contributed by atoms with Crippen molar-refractivity contribution in [3.05, 3.63) is 11.6 Å². The molecule has 1 fully saturated rings. The van der Waals surface area contributed by atoms with Gasteiger partial charge in [-0.05, 0) is 37.7 Å². The summed E-state index contributed by atoms with van der Waals surface area (Å²) in [5, 5.41) is 0. The molecule has 0 amide bonds. The molecule has 1 saturated carbocycles. The van der Waals surface area contributed by atoms with E-state index >= 15 is 0 Å². The standard InChI is InChI=1S/C12H20O2/c1-3-7-10-8-5-6-9-11(10)14-12(13)4-2/h7,11H,3-6,8-9H2,1-2H3. The van der Waals surface area contributed by atoms with E-state index in [2.05, 4.69) is 13.0 Å². The molecule has 1 aliphatic carbocycles. The zero-order valence-corrected chi connectivity index (χ0v) is 9.21. The number of rotatable bonds is 3. The van der Waals surface area contributed by atoms with Crippen LogP contribution in [0.4, 0.5) is 0 Å². The van der Waals surface area contributed by atoms with E-state index in [0.717, 1.165) is 19.3 Å². The molecular formula is C12H20O2. The third-order valence-electron chi connectivity index (χ3n) is 2.62. The quantitative estimate of drug-likeness (QED) is 0.511. The van der Waals surface area contributed by atoms with Gasteiger partial charge in [-0.1, -0.05) is 19.9 Å². The molecule has 2 nitrogen and oxygen atoms in total. The van der Waals surface area contributed by atoms with Crippen molar-refractivity contribution in [1.82, 2.24) is 0 Å². The lowest BCUT2D eigenvalue weighted by atomic mass is 9.91. The summed E-state index contributed by atoms with van der Waals surface area (Å²) in [6, 6.07) is 0. The first-order valence-electron chi connectivity index (χ1n) is 5.66. The molecule has 0 heterocycles. The third kappa shape index (κ3) is 3.17. The van der Waals surface area contributed by atoms with Crippen LogP contribution in [0.3, 0.4) is 0 Å². The zero-order valence-electron chi connectivity index (χ0n) is 9.21. The number of carbonyl (C=O) groups is 1. The zero-order chi connectivity index (χ0) is 10.4. The number of hydrogen-bond donors (Lipinski definition) is 0. The fourth-order valence-electron chi connectivity index (χ4n) is 1.88. The van der Waals surface area contributed by atoms with Gasteiger partial charge in [0.05, 0.1) is 0 Å². The Kier molecular flexibility index (Phi) is 4.71. The van der Waals surface area contributed by atoms with E-state index in [1.54, 1.807) is 0 Å². The van der Waals surface area contributed by atoms with Crippen molar-refractivity contribution in [3.63, 3.8) is 0 Å². The first-order chi connectivity index (χ1) is 6.77. The summed E-state index contributed by atoms with van der Waals surface area (Å²) in [5.41, 5.74) is 1.33. The van der Waals surface area contributed by atoms with Gasteiger partial charge in [-0.2, -0.15) is 0 Å². The summed E-state index contributed by atoms with van der Waals surface area (Å²) >= 11 is 0. The molecule has 0 bridgehead atoms. The lowest BCUT2D eigenvalue weighted by molar-refractivity contribution is -0.147. The lowest BCUT2D eigenvalue weighted by Crippen LogP contribution is -2.23. The minimum Gasteiger partial charge on any atom is -0.458 e. The molecule has 0 N–H and O–H groups in total. The number of carbonyl (C=O) groups excluding carboxylic acids is 1. The van der Waals surface area contributed by atoms with Crippen molar-refractivity contribution >= 4 is 5.97 Å². The minimum atomic E-state index is -0.0705. The van der Waals surface area contributed by atoms with Crippen molar-refractivity contribution in [3.8, 4) is 0 Å². The van der Waals surface area contributed by atoms with E-state index < -0.39 is 0 Å². The van der Waals surface area contributed by atoms with E-state index in [0.29, 0.717) is 6.42 Å². The molecule has 1 aliphatic rings. The second kappa shape index (κ2) is 5.84. The van der Waals surface area contributed by atoms with Gasteiger partial charge < -0.3 is 4.74 Å². The highest BCUT2D eigenvalue weighted by atomic mass is 16.5. The van der Waals surface area contributed by atoms with E-state index in [1.807, 2.05) is 6.92 Å². The van der Waals surface area contributed by atoms with Gasteiger partial charge in [0.25, 0.3) is 0 Å². The van der Waals surface area contributed by atoms with Crippen molar-refractivity contribution in [2.75, 3.05) is 0 Å². The van der Waals surface area contributed by atoms with Gasteiger partial charge in [-0.3, -0.25) is 4.79 Å². The van der Waals surface area contributed by atoms with Gasteiger partial charge in [-0.25, -0.2) is 0 Å². The fraction of sp³-hybridized carbons (Fsp3) is 0.750. The van der Waals surface area contributed by atoms with Gasteiger partial charge >= 0.3 is 5.97 Å². The van der Waals surface area contributed by atoms with Crippen LogP contribution in [-0.4, -0.2) is 12.1 Å². The SMILES string of the molecule is CCC=C1CCCCC1OC(=O)CC. The average molecular weight is 196 g/mol. The van der Waals surface area contributed by atoms with Gasteiger partial charge in [0.1, 0.15) is 6.10 Å². The molecule has 1 unspecified atom stereocenters. The Balaban J connectivity index is 2.54. The summed E-state index contributed by atoms with van der Waals surface area (Å²) in [7, 11) is 0. The lowest BCUT2D eigenvalue weighted by Gasteiger charge is -2.25. The molecule has 0 aliphatic heterocycles. The summed E-state index contributed by atoms with van der Waals surface area (Å²) in [5.74, 6) is -0.0705. The topological polar surface area (TPSA) is 26.3 Å². The van der Waals surface area contributed by atoms with E-state index in [4.69, 9.17) is 4.74 Å². The van der Waals surface area contributed by atoms with E-state index in [-0.39, 0.29) is 12.1 Å². The molecule has 0 spiro atoms. The van der Waals surface area contributed by atoms with E-state index in [9.17, 15) is 4.79 Å². The van der Waals surface area contributed by atoms with Crippen LogP contribution >= 0.6 is 0 Å². The van der Waals surface area contributed by atoms with Gasteiger partial charge in [0.2, 0.25) is 0 Å². The van der Waals surface area contributed by atoms with Crippen molar-refractivity contribution in [2.24, 2.45) is 0 Å². The van der Waals surface area contributed by atoms with Crippen LogP contribution < -0.4 is 0 Å². The number of allylic oxidation sites excluding steroid dienone is 1. The molecule has 0 saturated heterocycles. The Morgan fingerprint density at radius 3 is 2.93 bits per heavy atom. The predicted octanol–water partition coefficient (Wildman–Crippen LogP) is 3.22. The molecule has 1 atom stereocenters. The van der Waals surface area contributed by atoms with Crippen LogP contribution in [0.1, 0.15) is 52.4 Å². The summed E-state index contributed by atoms with van der Waals surface area (Å²) in [4.78, 5) is 11.2. The summed E-state index contributed by atoms with van der Waals surface area (Å²) in [6.45, 7) is 3.97. The summed E-state index contributed by atoms with van der Waals surface area (Å²) < 4.78 is 5.40. The largest absolute Gasteiger partial charge is 0.458 e. The third-order valence-corrected chi connectivity index (χ3v) is 2.62. The van der Waals surface area contributed by atoms with Crippen LogP contribution in [-0.2, 0) is 9.53 Å². The van der Waals surface area contributed by atoms with Crippen molar-refractivity contribution in [2.45, 2.75) is 58.5 Å². The van der Waals surface area contributed by atoms with Crippen LogP contribution in [0.2, 0.25) is 0 Å². The number of hydrogen-bond acceptors (Lipinski definition) is 2. The first-order valence-corrected chi connectivity index (χ1v) is 5.66. The van der Waals surface area contributed by atoms with Crippen molar-refractivity contribution < 1.29 is 9.53 Å². The minimum absolute atomic E-state index is 0.0705. The molecule has 0 aromatic carbocycles. The highest BCUT2D eigenvalue weighted by Crippen LogP contribution is 2.26. The van der Waals surface area contributed by atoms with Gasteiger partial charge in [0, 0.05) is 6.42 Å². The summed E-state index contributed by atoms with van der Waals surface area (Å²) in [6.07, 6.45) is 8.36. The van der Waals surface area contributed by atoms with Gasteiger partial charge in [-0.15, -0.1) is 0 Å². The number of ether oxygens (including phenoxy) is 1. The number of esters is 1. The predicted molar refractivity (Wildman–Crippen MR) is 57.0 cm³/mol. The molecular weight excluding hydrogens is 176 g/mol. The average Bonchev–Trinajstić information content (AvgIpc) is 2.21. The molecule has 0 radical (unpaired) electrons. The van der Waals surface area contributed by atoms with Crippen LogP contribution in [0, 0.1) is 0 Å². The Labute approximate surface area is 86.3 Å².